The molecule has 3 rings (SSSR count). The van der Waals surface area contributed by atoms with Crippen molar-refractivity contribution < 1.29 is 10.2 Å². The van der Waals surface area contributed by atoms with Crippen LogP contribution in [-0.2, 0) is 0 Å². The largest absolute Gasteiger partial charge is 0.396 e. The summed E-state index contributed by atoms with van der Waals surface area (Å²) >= 11 is 0. The number of aliphatic hydroxyl groups excluding tert-OH is 2. The van der Waals surface area contributed by atoms with E-state index >= 15 is 0 Å². The lowest BCUT2D eigenvalue weighted by Gasteiger charge is -2.56. The fraction of sp³-hybridized carbons (Fsp3) is 0.905. The molecule has 0 aromatic rings. The summed E-state index contributed by atoms with van der Waals surface area (Å²) in [5, 5.41) is 20.1. The van der Waals surface area contributed by atoms with Gasteiger partial charge in [-0.3, -0.25) is 0 Å². The minimum atomic E-state index is -0.235. The van der Waals surface area contributed by atoms with Gasteiger partial charge in [0.05, 0.1) is 6.10 Å². The van der Waals surface area contributed by atoms with Crippen molar-refractivity contribution in [3.63, 3.8) is 0 Å². The molecule has 24 heavy (non-hydrogen) atoms. The molecule has 0 bridgehead atoms. The SMILES string of the molecule is C/C=C1\CC[C@H]2[C@H](CN)[C@@H]([C@@]3(C)CC[C@H](O)C[C@@H]3CO)CC[C@]12C. The summed E-state index contributed by atoms with van der Waals surface area (Å²) in [4.78, 5) is 0. The van der Waals surface area contributed by atoms with E-state index in [4.69, 9.17) is 5.73 Å². The molecule has 0 aromatic carbocycles. The Labute approximate surface area is 147 Å². The average Bonchev–Trinajstić information content (AvgIpc) is 2.92. The van der Waals surface area contributed by atoms with E-state index in [0.717, 1.165) is 25.8 Å². The van der Waals surface area contributed by atoms with Gasteiger partial charge < -0.3 is 15.9 Å². The van der Waals surface area contributed by atoms with Crippen molar-refractivity contribution >= 4 is 0 Å². The van der Waals surface area contributed by atoms with Crippen LogP contribution in [0.25, 0.3) is 0 Å². The van der Waals surface area contributed by atoms with Crippen LogP contribution in [0.3, 0.4) is 0 Å². The number of nitrogens with two attached hydrogens (primary N) is 1. The second-order valence-corrected chi connectivity index (χ2v) is 9.23. The van der Waals surface area contributed by atoms with Crippen molar-refractivity contribution in [3.05, 3.63) is 11.6 Å². The van der Waals surface area contributed by atoms with Crippen molar-refractivity contribution in [3.8, 4) is 0 Å². The molecule has 3 aliphatic rings. The Morgan fingerprint density at radius 1 is 1.17 bits per heavy atom. The quantitative estimate of drug-likeness (QED) is 0.692. The third kappa shape index (κ3) is 2.68. The molecule has 3 aliphatic carbocycles. The van der Waals surface area contributed by atoms with Gasteiger partial charge in [0, 0.05) is 6.61 Å². The zero-order chi connectivity index (χ0) is 17.5. The van der Waals surface area contributed by atoms with Gasteiger partial charge in [0.25, 0.3) is 0 Å². The zero-order valence-corrected chi connectivity index (χ0v) is 15.8. The summed E-state index contributed by atoms with van der Waals surface area (Å²) in [5.41, 5.74) is 8.45. The van der Waals surface area contributed by atoms with Crippen LogP contribution >= 0.6 is 0 Å². The maximum Gasteiger partial charge on any atom is 0.0544 e. The van der Waals surface area contributed by atoms with Crippen LogP contribution in [0.15, 0.2) is 11.6 Å². The number of hydrogen-bond acceptors (Lipinski definition) is 3. The van der Waals surface area contributed by atoms with Gasteiger partial charge in [-0.1, -0.05) is 25.5 Å². The average molecular weight is 336 g/mol. The minimum Gasteiger partial charge on any atom is -0.396 e. The van der Waals surface area contributed by atoms with Crippen molar-refractivity contribution in [2.24, 2.45) is 40.2 Å². The Morgan fingerprint density at radius 3 is 2.54 bits per heavy atom. The fourth-order valence-electron chi connectivity index (χ4n) is 6.93. The first-order chi connectivity index (χ1) is 11.4. The number of rotatable bonds is 3. The molecular formula is C21H37NO2. The van der Waals surface area contributed by atoms with Crippen LogP contribution in [0.1, 0.15) is 65.7 Å². The van der Waals surface area contributed by atoms with Crippen LogP contribution in [0.5, 0.6) is 0 Å². The summed E-state index contributed by atoms with van der Waals surface area (Å²) in [5.74, 6) is 2.04. The van der Waals surface area contributed by atoms with E-state index in [0.29, 0.717) is 23.2 Å². The molecule has 0 unspecified atom stereocenters. The molecule has 3 heteroatoms. The molecule has 0 saturated heterocycles. The normalized spacial score (nSPS) is 50.9. The highest BCUT2D eigenvalue weighted by Crippen LogP contribution is 2.63. The molecule has 0 heterocycles. The number of aliphatic hydroxyl groups is 2. The Morgan fingerprint density at radius 2 is 1.92 bits per heavy atom. The first kappa shape index (κ1) is 18.4. The van der Waals surface area contributed by atoms with Gasteiger partial charge in [0.2, 0.25) is 0 Å². The van der Waals surface area contributed by atoms with E-state index in [9.17, 15) is 10.2 Å². The van der Waals surface area contributed by atoms with Crippen molar-refractivity contribution in [1.82, 2.24) is 0 Å². The first-order valence-electron chi connectivity index (χ1n) is 10.0. The second-order valence-electron chi connectivity index (χ2n) is 9.23. The van der Waals surface area contributed by atoms with Gasteiger partial charge >= 0.3 is 0 Å². The third-order valence-electron chi connectivity index (χ3n) is 8.48. The van der Waals surface area contributed by atoms with Gasteiger partial charge in [-0.25, -0.2) is 0 Å². The molecule has 138 valence electrons. The molecule has 7 atom stereocenters. The monoisotopic (exact) mass is 335 g/mol. The van der Waals surface area contributed by atoms with E-state index in [1.54, 1.807) is 5.57 Å². The van der Waals surface area contributed by atoms with Gasteiger partial charge in [-0.15, -0.1) is 0 Å². The van der Waals surface area contributed by atoms with E-state index in [1.807, 2.05) is 0 Å². The summed E-state index contributed by atoms with van der Waals surface area (Å²) < 4.78 is 0. The predicted octanol–water partition coefficient (Wildman–Crippen LogP) is 3.49. The van der Waals surface area contributed by atoms with Gasteiger partial charge in [-0.2, -0.15) is 0 Å². The van der Waals surface area contributed by atoms with E-state index in [2.05, 4.69) is 26.8 Å². The lowest BCUT2D eigenvalue weighted by Crippen LogP contribution is -2.52. The topological polar surface area (TPSA) is 66.5 Å². The summed E-state index contributed by atoms with van der Waals surface area (Å²) in [6, 6.07) is 0. The van der Waals surface area contributed by atoms with E-state index < -0.39 is 0 Å². The van der Waals surface area contributed by atoms with E-state index in [1.165, 1.54) is 25.7 Å². The maximum absolute atomic E-state index is 10.1. The summed E-state index contributed by atoms with van der Waals surface area (Å²) in [6.07, 6.45) is 9.76. The second kappa shape index (κ2) is 6.74. The molecule has 0 spiro atoms. The molecule has 3 fully saturated rings. The molecule has 0 radical (unpaired) electrons. The van der Waals surface area contributed by atoms with Gasteiger partial charge in [0.15, 0.2) is 0 Å². The molecule has 0 aromatic heterocycles. The van der Waals surface area contributed by atoms with Gasteiger partial charge in [-0.05, 0) is 92.9 Å². The van der Waals surface area contributed by atoms with Crippen LogP contribution in [0, 0.1) is 34.5 Å². The highest BCUT2D eigenvalue weighted by atomic mass is 16.3. The number of hydrogen-bond donors (Lipinski definition) is 3. The van der Waals surface area contributed by atoms with Crippen LogP contribution in [0.2, 0.25) is 0 Å². The highest BCUT2D eigenvalue weighted by Gasteiger charge is 2.56. The Balaban J connectivity index is 1.89. The number of fused-ring (bicyclic) bond motifs is 1. The van der Waals surface area contributed by atoms with E-state index in [-0.39, 0.29) is 24.0 Å². The zero-order valence-electron chi connectivity index (χ0n) is 15.8. The Bertz CT molecular complexity index is 490. The van der Waals surface area contributed by atoms with Crippen LogP contribution in [-0.4, -0.2) is 29.5 Å². The molecule has 3 saturated carbocycles. The fourth-order valence-corrected chi connectivity index (χ4v) is 6.93. The lowest BCUT2D eigenvalue weighted by molar-refractivity contribution is -0.0917. The first-order valence-corrected chi connectivity index (χ1v) is 10.0. The van der Waals surface area contributed by atoms with Crippen molar-refractivity contribution in [2.75, 3.05) is 13.2 Å². The third-order valence-corrected chi connectivity index (χ3v) is 8.48. The van der Waals surface area contributed by atoms with Gasteiger partial charge in [0.1, 0.15) is 0 Å². The lowest BCUT2D eigenvalue weighted by atomic mass is 9.49. The van der Waals surface area contributed by atoms with Crippen molar-refractivity contribution in [1.29, 1.82) is 0 Å². The number of allylic oxidation sites excluding steroid dienone is 2. The molecule has 3 nitrogen and oxygen atoms in total. The van der Waals surface area contributed by atoms with Crippen LogP contribution in [0.4, 0.5) is 0 Å². The van der Waals surface area contributed by atoms with Crippen molar-refractivity contribution in [2.45, 2.75) is 71.8 Å². The smallest absolute Gasteiger partial charge is 0.0544 e. The summed E-state index contributed by atoms with van der Waals surface area (Å²) in [7, 11) is 0. The standard InChI is InChI=1S/C21H37NO2/c1-4-14-5-6-18-17(12-22)19(8-10-20(14,18)2)21(3)9-7-16(24)11-15(21)13-23/h4,15-19,23-24H,5-13,22H2,1-3H3/b14-4+/t15-,16+,17+,18+,19+,20-,21+/m1/s1. The molecular weight excluding hydrogens is 298 g/mol. The predicted molar refractivity (Wildman–Crippen MR) is 98.4 cm³/mol. The Kier molecular flexibility index (Phi) is 5.17. The molecule has 0 amide bonds. The van der Waals surface area contributed by atoms with Crippen LogP contribution < -0.4 is 5.73 Å². The molecule has 4 N–H and O–H groups in total. The molecule has 0 aliphatic heterocycles. The summed E-state index contributed by atoms with van der Waals surface area (Å²) in [6.45, 7) is 8.00. The Hall–Kier alpha value is -0.380. The minimum absolute atomic E-state index is 0.123. The highest BCUT2D eigenvalue weighted by molar-refractivity contribution is 5.23. The maximum atomic E-state index is 10.1.